The minimum atomic E-state index is -3.39. The summed E-state index contributed by atoms with van der Waals surface area (Å²) in [6.07, 6.45) is 0.765. The third-order valence-electron chi connectivity index (χ3n) is 2.71. The van der Waals surface area contributed by atoms with Gasteiger partial charge in [0.25, 0.3) is 0 Å². The smallest absolute Gasteiger partial charge is 0.243 e. The van der Waals surface area contributed by atoms with Gasteiger partial charge >= 0.3 is 0 Å². The van der Waals surface area contributed by atoms with Crippen molar-refractivity contribution in [2.24, 2.45) is 0 Å². The number of hydrogen-bond donors (Lipinski definition) is 0. The Hall–Kier alpha value is -0.780. The molecule has 4 nitrogen and oxygen atoms in total. The summed E-state index contributed by atoms with van der Waals surface area (Å²) >= 11 is 5.55. The summed E-state index contributed by atoms with van der Waals surface area (Å²) in [7, 11) is -3.39. The van der Waals surface area contributed by atoms with Gasteiger partial charge in [0.1, 0.15) is 5.75 Å². The molecule has 0 unspecified atom stereocenters. The van der Waals surface area contributed by atoms with E-state index in [2.05, 4.69) is 0 Å². The standard InChI is InChI=1S/C13H20ClNO3S/c1-3-15(4-2)19(16,17)13-8-6-12(7-9-13)18-11-5-10-14/h6-9H,3-5,10-11H2,1-2H3. The maximum Gasteiger partial charge on any atom is 0.243 e. The zero-order chi connectivity index (χ0) is 14.3. The van der Waals surface area contributed by atoms with Gasteiger partial charge in [-0.25, -0.2) is 8.42 Å². The summed E-state index contributed by atoms with van der Waals surface area (Å²) in [5.74, 6) is 1.21. The van der Waals surface area contributed by atoms with Crippen LogP contribution in [0.2, 0.25) is 0 Å². The molecular weight excluding hydrogens is 286 g/mol. The van der Waals surface area contributed by atoms with E-state index in [4.69, 9.17) is 16.3 Å². The Bertz CT molecular complexity index is 469. The fourth-order valence-corrected chi connectivity index (χ4v) is 3.23. The monoisotopic (exact) mass is 305 g/mol. The maximum absolute atomic E-state index is 12.2. The highest BCUT2D eigenvalue weighted by atomic mass is 35.5. The highest BCUT2D eigenvalue weighted by Gasteiger charge is 2.21. The Morgan fingerprint density at radius 3 is 2.21 bits per heavy atom. The highest BCUT2D eigenvalue weighted by Crippen LogP contribution is 2.19. The highest BCUT2D eigenvalue weighted by molar-refractivity contribution is 7.89. The predicted octanol–water partition coefficient (Wildman–Crippen LogP) is 2.72. The molecule has 0 aromatic heterocycles. The SMILES string of the molecule is CCN(CC)S(=O)(=O)c1ccc(OCCCCl)cc1. The Morgan fingerprint density at radius 2 is 1.74 bits per heavy atom. The topological polar surface area (TPSA) is 46.6 Å². The van der Waals surface area contributed by atoms with Gasteiger partial charge < -0.3 is 4.74 Å². The lowest BCUT2D eigenvalue weighted by molar-refractivity contribution is 0.318. The van der Waals surface area contributed by atoms with Gasteiger partial charge in [0.2, 0.25) is 10.0 Å². The molecule has 0 aliphatic carbocycles. The van der Waals surface area contributed by atoms with E-state index in [1.807, 2.05) is 13.8 Å². The second-order valence-corrected chi connectivity index (χ2v) is 6.27. The third-order valence-corrected chi connectivity index (χ3v) is 5.04. The molecule has 0 spiro atoms. The number of alkyl halides is 1. The quantitative estimate of drug-likeness (QED) is 0.548. The van der Waals surface area contributed by atoms with Gasteiger partial charge in [-0.15, -0.1) is 11.6 Å². The number of benzene rings is 1. The summed E-state index contributed by atoms with van der Waals surface area (Å²) < 4.78 is 31.3. The van der Waals surface area contributed by atoms with Crippen LogP contribution >= 0.6 is 11.6 Å². The largest absolute Gasteiger partial charge is 0.494 e. The van der Waals surface area contributed by atoms with Crippen molar-refractivity contribution >= 4 is 21.6 Å². The fraction of sp³-hybridized carbons (Fsp3) is 0.538. The van der Waals surface area contributed by atoms with E-state index in [1.165, 1.54) is 4.31 Å². The Morgan fingerprint density at radius 1 is 1.16 bits per heavy atom. The number of nitrogens with zero attached hydrogens (tertiary/aromatic N) is 1. The van der Waals surface area contributed by atoms with Crippen LogP contribution in [0.4, 0.5) is 0 Å². The van der Waals surface area contributed by atoms with Crippen molar-refractivity contribution in [2.75, 3.05) is 25.6 Å². The van der Waals surface area contributed by atoms with Crippen molar-refractivity contribution in [3.05, 3.63) is 24.3 Å². The van der Waals surface area contributed by atoms with Crippen LogP contribution in [0, 0.1) is 0 Å². The fourth-order valence-electron chi connectivity index (χ4n) is 1.67. The maximum atomic E-state index is 12.2. The van der Waals surface area contributed by atoms with Crippen LogP contribution < -0.4 is 4.74 Å². The van der Waals surface area contributed by atoms with E-state index >= 15 is 0 Å². The lowest BCUT2D eigenvalue weighted by Gasteiger charge is -2.18. The van der Waals surface area contributed by atoms with Crippen LogP contribution in [0.5, 0.6) is 5.75 Å². The molecule has 1 rings (SSSR count). The molecule has 0 fully saturated rings. The summed E-state index contributed by atoms with van der Waals surface area (Å²) in [5.41, 5.74) is 0. The summed E-state index contributed by atoms with van der Waals surface area (Å²) in [6, 6.07) is 6.49. The normalized spacial score (nSPS) is 11.8. The number of ether oxygens (including phenoxy) is 1. The third kappa shape index (κ3) is 4.37. The molecule has 19 heavy (non-hydrogen) atoms. The second-order valence-electron chi connectivity index (χ2n) is 3.95. The lowest BCUT2D eigenvalue weighted by atomic mass is 10.3. The lowest BCUT2D eigenvalue weighted by Crippen LogP contribution is -2.30. The zero-order valence-electron chi connectivity index (χ0n) is 11.3. The molecule has 0 aliphatic heterocycles. The molecule has 0 atom stereocenters. The van der Waals surface area contributed by atoms with Gasteiger partial charge in [-0.2, -0.15) is 4.31 Å². The number of hydrogen-bond acceptors (Lipinski definition) is 3. The molecule has 0 bridgehead atoms. The Kier molecular flexibility index (Phi) is 6.62. The van der Waals surface area contributed by atoms with Crippen LogP contribution in [0.3, 0.4) is 0 Å². The van der Waals surface area contributed by atoms with Crippen molar-refractivity contribution in [3.63, 3.8) is 0 Å². The first-order chi connectivity index (χ1) is 9.06. The molecule has 1 aromatic rings. The van der Waals surface area contributed by atoms with Gasteiger partial charge in [-0.1, -0.05) is 13.8 Å². The zero-order valence-corrected chi connectivity index (χ0v) is 12.9. The van der Waals surface area contributed by atoms with Gasteiger partial charge in [-0.05, 0) is 30.7 Å². The molecule has 108 valence electrons. The molecule has 6 heteroatoms. The molecule has 0 N–H and O–H groups in total. The van der Waals surface area contributed by atoms with E-state index in [0.717, 1.165) is 6.42 Å². The van der Waals surface area contributed by atoms with Crippen molar-refractivity contribution in [2.45, 2.75) is 25.2 Å². The van der Waals surface area contributed by atoms with E-state index in [9.17, 15) is 8.42 Å². The van der Waals surface area contributed by atoms with Crippen molar-refractivity contribution in [1.82, 2.24) is 4.31 Å². The summed E-state index contributed by atoms with van der Waals surface area (Å²) in [5, 5.41) is 0. The molecule has 0 saturated carbocycles. The van der Waals surface area contributed by atoms with Crippen LogP contribution in [-0.2, 0) is 10.0 Å². The van der Waals surface area contributed by atoms with Crippen LogP contribution in [0.25, 0.3) is 0 Å². The van der Waals surface area contributed by atoms with Crippen molar-refractivity contribution in [1.29, 1.82) is 0 Å². The predicted molar refractivity (Wildman–Crippen MR) is 77.4 cm³/mol. The number of sulfonamides is 1. The van der Waals surface area contributed by atoms with Gasteiger partial charge in [-0.3, -0.25) is 0 Å². The van der Waals surface area contributed by atoms with Crippen LogP contribution in [0.1, 0.15) is 20.3 Å². The first kappa shape index (κ1) is 16.3. The Balaban J connectivity index is 2.80. The number of halogens is 1. The van der Waals surface area contributed by atoms with Gasteiger partial charge in [0.15, 0.2) is 0 Å². The first-order valence-electron chi connectivity index (χ1n) is 6.35. The second kappa shape index (κ2) is 7.72. The van der Waals surface area contributed by atoms with Gasteiger partial charge in [0.05, 0.1) is 11.5 Å². The average molecular weight is 306 g/mol. The molecule has 0 heterocycles. The summed E-state index contributed by atoms with van der Waals surface area (Å²) in [6.45, 7) is 5.11. The minimum Gasteiger partial charge on any atom is -0.494 e. The van der Waals surface area contributed by atoms with E-state index in [1.54, 1.807) is 24.3 Å². The molecule has 1 aromatic carbocycles. The molecule has 0 amide bonds. The van der Waals surface area contributed by atoms with E-state index in [-0.39, 0.29) is 0 Å². The molecular formula is C13H20ClNO3S. The first-order valence-corrected chi connectivity index (χ1v) is 8.32. The minimum absolute atomic E-state index is 0.292. The van der Waals surface area contributed by atoms with Crippen molar-refractivity contribution in [3.8, 4) is 5.75 Å². The molecule has 0 radical (unpaired) electrons. The van der Waals surface area contributed by atoms with Crippen LogP contribution in [-0.4, -0.2) is 38.3 Å². The molecule has 0 saturated heterocycles. The Labute approximate surface area is 120 Å². The molecule has 0 aliphatic rings. The van der Waals surface area contributed by atoms with Gasteiger partial charge in [0, 0.05) is 19.0 Å². The van der Waals surface area contributed by atoms with Crippen molar-refractivity contribution < 1.29 is 13.2 Å². The van der Waals surface area contributed by atoms with Crippen LogP contribution in [0.15, 0.2) is 29.2 Å². The summed E-state index contributed by atoms with van der Waals surface area (Å²) in [4.78, 5) is 0.292. The number of rotatable bonds is 8. The van der Waals surface area contributed by atoms with E-state index < -0.39 is 10.0 Å². The van der Waals surface area contributed by atoms with E-state index in [0.29, 0.717) is 36.2 Å². The average Bonchev–Trinajstić information content (AvgIpc) is 2.41.